The zero-order valence-electron chi connectivity index (χ0n) is 7.23. The third-order valence-electron chi connectivity index (χ3n) is 2.57. The lowest BCUT2D eigenvalue weighted by atomic mass is 10.00. The summed E-state index contributed by atoms with van der Waals surface area (Å²) < 4.78 is 0. The first-order valence-corrected chi connectivity index (χ1v) is 4.42. The van der Waals surface area contributed by atoms with Crippen LogP contribution < -0.4 is 0 Å². The molecule has 0 aliphatic heterocycles. The molecule has 1 aliphatic rings. The molecule has 1 aliphatic carbocycles. The quantitative estimate of drug-likeness (QED) is 0.746. The molecule has 3 nitrogen and oxygen atoms in total. The minimum atomic E-state index is -0.721. The number of carbonyl (C=O) groups is 1. The third kappa shape index (κ3) is 1.54. The van der Waals surface area contributed by atoms with Crippen LogP contribution in [0.1, 0.15) is 29.9 Å². The largest absolute Gasteiger partial charge is 0.481 e. The summed E-state index contributed by atoms with van der Waals surface area (Å²) in [4.78, 5) is 14.6. The average molecular weight is 177 g/mol. The Kier molecular flexibility index (Phi) is 2.00. The van der Waals surface area contributed by atoms with E-state index in [9.17, 15) is 4.79 Å². The van der Waals surface area contributed by atoms with Crippen molar-refractivity contribution < 1.29 is 9.90 Å². The fraction of sp³-hybridized carbons (Fsp3) is 0.400. The van der Waals surface area contributed by atoms with Gasteiger partial charge in [0.25, 0.3) is 0 Å². The molecule has 0 aromatic carbocycles. The van der Waals surface area contributed by atoms with E-state index in [4.69, 9.17) is 5.11 Å². The molecule has 1 atom stereocenters. The molecule has 0 saturated carbocycles. The van der Waals surface area contributed by atoms with Gasteiger partial charge in [0.2, 0.25) is 0 Å². The highest BCUT2D eigenvalue weighted by Crippen LogP contribution is 2.34. The smallest absolute Gasteiger partial charge is 0.303 e. The van der Waals surface area contributed by atoms with Crippen LogP contribution in [-0.2, 0) is 11.2 Å². The molecule has 1 unspecified atom stereocenters. The van der Waals surface area contributed by atoms with Crippen LogP contribution in [0.4, 0.5) is 0 Å². The number of aliphatic carboxylic acids is 1. The van der Waals surface area contributed by atoms with E-state index in [2.05, 4.69) is 4.98 Å². The molecule has 0 bridgehead atoms. The van der Waals surface area contributed by atoms with E-state index in [-0.39, 0.29) is 12.3 Å². The van der Waals surface area contributed by atoms with E-state index in [1.807, 2.05) is 6.07 Å². The van der Waals surface area contributed by atoms with Gasteiger partial charge < -0.3 is 5.11 Å². The Morgan fingerprint density at radius 2 is 2.54 bits per heavy atom. The van der Waals surface area contributed by atoms with Crippen molar-refractivity contribution in [2.24, 2.45) is 0 Å². The molecule has 0 radical (unpaired) electrons. The summed E-state index contributed by atoms with van der Waals surface area (Å²) in [5.41, 5.74) is 2.39. The second kappa shape index (κ2) is 3.17. The number of nitrogens with zero attached hydrogens (tertiary/aromatic N) is 1. The normalized spacial score (nSPS) is 19.8. The van der Waals surface area contributed by atoms with Gasteiger partial charge in [0.05, 0.1) is 6.42 Å². The van der Waals surface area contributed by atoms with Crippen molar-refractivity contribution in [2.75, 3.05) is 0 Å². The van der Waals surface area contributed by atoms with Gasteiger partial charge in [-0.2, -0.15) is 0 Å². The summed E-state index contributed by atoms with van der Waals surface area (Å²) in [7, 11) is 0. The third-order valence-corrected chi connectivity index (χ3v) is 2.57. The van der Waals surface area contributed by atoms with Crippen molar-refractivity contribution in [3.8, 4) is 0 Å². The molecule has 68 valence electrons. The lowest BCUT2D eigenvalue weighted by Crippen LogP contribution is -2.03. The van der Waals surface area contributed by atoms with Crippen LogP contribution in [-0.4, -0.2) is 16.1 Å². The second-order valence-electron chi connectivity index (χ2n) is 3.41. The van der Waals surface area contributed by atoms with Gasteiger partial charge in [-0.05, 0) is 36.0 Å². The molecule has 1 N–H and O–H groups in total. The number of aromatic nitrogens is 1. The highest BCUT2D eigenvalue weighted by Gasteiger charge is 2.24. The maximum atomic E-state index is 10.5. The Hall–Kier alpha value is -1.38. The molecule has 0 fully saturated rings. The minimum Gasteiger partial charge on any atom is -0.481 e. The van der Waals surface area contributed by atoms with Crippen LogP contribution in [0, 0.1) is 0 Å². The van der Waals surface area contributed by atoms with Crippen LogP contribution in [0.5, 0.6) is 0 Å². The molecule has 1 heterocycles. The molecule has 1 aromatic heterocycles. The summed E-state index contributed by atoms with van der Waals surface area (Å²) in [6.07, 6.45) is 5.75. The lowest BCUT2D eigenvalue weighted by Gasteiger charge is -2.06. The molecule has 0 saturated heterocycles. The van der Waals surface area contributed by atoms with Gasteiger partial charge in [-0.15, -0.1) is 0 Å². The zero-order chi connectivity index (χ0) is 9.26. The van der Waals surface area contributed by atoms with Crippen molar-refractivity contribution in [1.29, 1.82) is 0 Å². The van der Waals surface area contributed by atoms with E-state index in [0.717, 1.165) is 18.4 Å². The first kappa shape index (κ1) is 8.23. The monoisotopic (exact) mass is 177 g/mol. The van der Waals surface area contributed by atoms with Gasteiger partial charge in [-0.1, -0.05) is 0 Å². The fourth-order valence-corrected chi connectivity index (χ4v) is 1.94. The number of fused-ring (bicyclic) bond motifs is 1. The highest BCUT2D eigenvalue weighted by atomic mass is 16.4. The number of aryl methyl sites for hydroxylation is 1. The average Bonchev–Trinajstić information content (AvgIpc) is 2.48. The summed E-state index contributed by atoms with van der Waals surface area (Å²) in [5, 5.41) is 8.68. The van der Waals surface area contributed by atoms with Gasteiger partial charge in [0, 0.05) is 12.4 Å². The summed E-state index contributed by atoms with van der Waals surface area (Å²) in [6.45, 7) is 0. The Bertz CT molecular complexity index is 335. The number of carboxylic acid groups (broad SMARTS) is 1. The zero-order valence-corrected chi connectivity index (χ0v) is 7.23. The first-order chi connectivity index (χ1) is 6.27. The van der Waals surface area contributed by atoms with Crippen molar-refractivity contribution in [1.82, 2.24) is 4.98 Å². The summed E-state index contributed by atoms with van der Waals surface area (Å²) in [5.74, 6) is -0.539. The number of rotatable bonds is 2. The highest BCUT2D eigenvalue weighted by molar-refractivity contribution is 5.68. The fourth-order valence-electron chi connectivity index (χ4n) is 1.94. The van der Waals surface area contributed by atoms with Crippen LogP contribution in [0.2, 0.25) is 0 Å². The van der Waals surface area contributed by atoms with Crippen molar-refractivity contribution in [2.45, 2.75) is 25.2 Å². The Labute approximate surface area is 76.4 Å². The first-order valence-electron chi connectivity index (χ1n) is 4.42. The van der Waals surface area contributed by atoms with Gasteiger partial charge in [-0.25, -0.2) is 0 Å². The Morgan fingerprint density at radius 3 is 3.31 bits per heavy atom. The van der Waals surface area contributed by atoms with E-state index in [1.165, 1.54) is 5.56 Å². The maximum absolute atomic E-state index is 10.5. The Balaban J connectivity index is 2.23. The maximum Gasteiger partial charge on any atom is 0.303 e. The lowest BCUT2D eigenvalue weighted by molar-refractivity contribution is -0.137. The Morgan fingerprint density at radius 1 is 1.69 bits per heavy atom. The summed E-state index contributed by atoms with van der Waals surface area (Å²) >= 11 is 0. The molecule has 0 amide bonds. The van der Waals surface area contributed by atoms with E-state index >= 15 is 0 Å². The van der Waals surface area contributed by atoms with Crippen molar-refractivity contribution in [3.05, 3.63) is 29.6 Å². The van der Waals surface area contributed by atoms with Crippen molar-refractivity contribution in [3.63, 3.8) is 0 Å². The van der Waals surface area contributed by atoms with E-state index < -0.39 is 5.97 Å². The van der Waals surface area contributed by atoms with Gasteiger partial charge in [0.1, 0.15) is 0 Å². The molecule has 0 spiro atoms. The predicted molar refractivity (Wildman–Crippen MR) is 47.6 cm³/mol. The number of hydrogen-bond acceptors (Lipinski definition) is 2. The van der Waals surface area contributed by atoms with Crippen molar-refractivity contribution >= 4 is 5.97 Å². The molecule has 1 aromatic rings. The number of hydrogen-bond donors (Lipinski definition) is 1. The second-order valence-corrected chi connectivity index (χ2v) is 3.41. The molecule has 13 heavy (non-hydrogen) atoms. The topological polar surface area (TPSA) is 50.2 Å². The SMILES string of the molecule is O=C(O)CC1CCc2ccncc21. The molecular formula is C10H11NO2. The standard InChI is InChI=1S/C10H11NO2/c12-10(13)5-8-2-1-7-3-4-11-6-9(7)8/h3-4,6,8H,1-2,5H2,(H,12,13). The van der Waals surface area contributed by atoms with Gasteiger partial charge in [0.15, 0.2) is 0 Å². The van der Waals surface area contributed by atoms with Crippen LogP contribution in [0.15, 0.2) is 18.5 Å². The molecule has 2 rings (SSSR count). The number of carboxylic acids is 1. The van der Waals surface area contributed by atoms with Crippen LogP contribution in [0.3, 0.4) is 0 Å². The van der Waals surface area contributed by atoms with Gasteiger partial charge >= 0.3 is 5.97 Å². The van der Waals surface area contributed by atoms with E-state index in [1.54, 1.807) is 12.4 Å². The molecule has 3 heteroatoms. The van der Waals surface area contributed by atoms with Crippen LogP contribution >= 0.6 is 0 Å². The van der Waals surface area contributed by atoms with Crippen LogP contribution in [0.25, 0.3) is 0 Å². The summed E-state index contributed by atoms with van der Waals surface area (Å²) in [6, 6.07) is 1.98. The predicted octanol–water partition coefficient (Wildman–Crippen LogP) is 1.59. The van der Waals surface area contributed by atoms with E-state index in [0.29, 0.717) is 0 Å². The number of pyridine rings is 1. The minimum absolute atomic E-state index is 0.182. The van der Waals surface area contributed by atoms with Gasteiger partial charge in [-0.3, -0.25) is 9.78 Å². The molecular weight excluding hydrogens is 166 g/mol.